The van der Waals surface area contributed by atoms with Gasteiger partial charge in [0.05, 0.1) is 17.1 Å². The maximum absolute atomic E-state index is 13.6. The van der Waals surface area contributed by atoms with E-state index in [0.717, 1.165) is 39.3 Å². The van der Waals surface area contributed by atoms with Gasteiger partial charge in [0, 0.05) is 11.1 Å². The molecule has 1 aromatic heterocycles. The lowest BCUT2D eigenvalue weighted by atomic mass is 10.1. The summed E-state index contributed by atoms with van der Waals surface area (Å²) in [5, 5.41) is 4.90. The minimum atomic E-state index is -0.280. The average Bonchev–Trinajstić information content (AvgIpc) is 3.47. The third-order valence-corrected chi connectivity index (χ3v) is 6.56. The van der Waals surface area contributed by atoms with Gasteiger partial charge in [-0.05, 0) is 71.8 Å². The molecule has 0 saturated carbocycles. The molecule has 0 aliphatic heterocycles. The predicted octanol–water partition coefficient (Wildman–Crippen LogP) is 8.50. The van der Waals surface area contributed by atoms with Crippen molar-refractivity contribution in [3.8, 4) is 39.7 Å². The Hall–Kier alpha value is -5.16. The fraction of sp³-hybridized carbons (Fsp3) is 0.0571. The van der Waals surface area contributed by atoms with E-state index in [9.17, 15) is 4.39 Å². The van der Waals surface area contributed by atoms with Crippen LogP contribution in [0.4, 0.5) is 4.39 Å². The molecule has 6 rings (SSSR count). The number of hydrogen-bond donors (Lipinski definition) is 0. The van der Waals surface area contributed by atoms with Crippen molar-refractivity contribution < 1.29 is 13.9 Å². The lowest BCUT2D eigenvalue weighted by Crippen LogP contribution is -2.02. The second kappa shape index (κ2) is 11.7. The summed E-state index contributed by atoms with van der Waals surface area (Å²) in [6.45, 7) is 0.837. The minimum Gasteiger partial charge on any atom is -0.485 e. The molecule has 0 atom stereocenters. The molecule has 0 spiro atoms. The molecule has 0 bridgehead atoms. The summed E-state index contributed by atoms with van der Waals surface area (Å²) < 4.78 is 28.1. The topological polar surface area (TPSA) is 36.3 Å². The van der Waals surface area contributed by atoms with E-state index in [4.69, 9.17) is 14.6 Å². The van der Waals surface area contributed by atoms with Gasteiger partial charge in [0.2, 0.25) is 0 Å². The van der Waals surface area contributed by atoms with Gasteiger partial charge >= 0.3 is 0 Å². The highest BCUT2D eigenvalue weighted by Crippen LogP contribution is 2.36. The zero-order valence-corrected chi connectivity index (χ0v) is 21.8. The zero-order valence-electron chi connectivity index (χ0n) is 21.8. The van der Waals surface area contributed by atoms with Crippen molar-refractivity contribution in [1.82, 2.24) is 9.78 Å². The summed E-state index contributed by atoms with van der Waals surface area (Å²) in [7, 11) is 0. The number of ether oxygens (including phenoxy) is 2. The van der Waals surface area contributed by atoms with Crippen LogP contribution in [-0.4, -0.2) is 9.78 Å². The molecule has 0 unspecified atom stereocenters. The van der Waals surface area contributed by atoms with Gasteiger partial charge in [-0.2, -0.15) is 5.10 Å². The van der Waals surface area contributed by atoms with Crippen LogP contribution in [-0.2, 0) is 13.2 Å². The SMILES string of the molecule is Fc1ccc(-c2cc(-c3ccc(OCc4ccccc4)c(OCc4ccccc4)c3)n(-c3ccccc3)n2)cc1. The molecule has 5 aromatic carbocycles. The van der Waals surface area contributed by atoms with Gasteiger partial charge in [-0.25, -0.2) is 9.07 Å². The lowest BCUT2D eigenvalue weighted by Gasteiger charge is -2.15. The number of nitrogens with zero attached hydrogens (tertiary/aromatic N) is 2. The number of benzene rings is 5. The van der Waals surface area contributed by atoms with Crippen molar-refractivity contribution in [3.05, 3.63) is 156 Å². The van der Waals surface area contributed by atoms with Gasteiger partial charge < -0.3 is 9.47 Å². The summed E-state index contributed by atoms with van der Waals surface area (Å²) in [5.74, 6) is 1.02. The van der Waals surface area contributed by atoms with E-state index in [-0.39, 0.29) is 5.82 Å². The van der Waals surface area contributed by atoms with Crippen LogP contribution in [0, 0.1) is 5.82 Å². The van der Waals surface area contributed by atoms with Crippen LogP contribution in [0.25, 0.3) is 28.2 Å². The van der Waals surface area contributed by atoms with Crippen LogP contribution < -0.4 is 9.47 Å². The number of aromatic nitrogens is 2. The molecular weight excluding hydrogens is 499 g/mol. The molecule has 0 aliphatic carbocycles. The van der Waals surface area contributed by atoms with Crippen molar-refractivity contribution in [1.29, 1.82) is 0 Å². The second-order valence-corrected chi connectivity index (χ2v) is 9.38. The summed E-state index contributed by atoms with van der Waals surface area (Å²) in [4.78, 5) is 0. The molecule has 196 valence electrons. The highest BCUT2D eigenvalue weighted by Gasteiger charge is 2.16. The van der Waals surface area contributed by atoms with Crippen molar-refractivity contribution >= 4 is 0 Å². The van der Waals surface area contributed by atoms with Crippen LogP contribution in [0.15, 0.2) is 140 Å². The molecule has 5 heteroatoms. The molecule has 1 heterocycles. The maximum Gasteiger partial charge on any atom is 0.162 e. The van der Waals surface area contributed by atoms with Crippen LogP contribution in [0.3, 0.4) is 0 Å². The predicted molar refractivity (Wildman–Crippen MR) is 156 cm³/mol. The first-order chi connectivity index (χ1) is 19.7. The highest BCUT2D eigenvalue weighted by atomic mass is 19.1. The first-order valence-electron chi connectivity index (χ1n) is 13.1. The third kappa shape index (κ3) is 5.79. The molecule has 4 nitrogen and oxygen atoms in total. The van der Waals surface area contributed by atoms with Gasteiger partial charge in [0.25, 0.3) is 0 Å². The Bertz CT molecular complexity index is 1680. The van der Waals surface area contributed by atoms with E-state index in [1.165, 1.54) is 12.1 Å². The first kappa shape index (κ1) is 25.1. The van der Waals surface area contributed by atoms with E-state index in [0.29, 0.717) is 24.7 Å². The van der Waals surface area contributed by atoms with Crippen molar-refractivity contribution in [2.75, 3.05) is 0 Å². The van der Waals surface area contributed by atoms with E-state index in [1.54, 1.807) is 12.1 Å². The van der Waals surface area contributed by atoms with Gasteiger partial charge in [-0.1, -0.05) is 78.9 Å². The monoisotopic (exact) mass is 526 g/mol. The summed E-state index contributed by atoms with van der Waals surface area (Å²) in [5.41, 5.74) is 6.43. The Labute approximate surface area is 232 Å². The molecule has 0 saturated heterocycles. The summed E-state index contributed by atoms with van der Waals surface area (Å²) in [6.07, 6.45) is 0. The van der Waals surface area contributed by atoms with Gasteiger partial charge in [0.15, 0.2) is 11.5 Å². The molecule has 0 aliphatic rings. The Balaban J connectivity index is 1.39. The Morgan fingerprint density at radius 3 is 1.73 bits per heavy atom. The summed E-state index contributed by atoms with van der Waals surface area (Å²) >= 11 is 0. The third-order valence-electron chi connectivity index (χ3n) is 6.56. The van der Waals surface area contributed by atoms with Crippen molar-refractivity contribution in [2.24, 2.45) is 0 Å². The molecule has 0 radical (unpaired) electrons. The molecule has 6 aromatic rings. The zero-order chi connectivity index (χ0) is 27.1. The fourth-order valence-electron chi connectivity index (χ4n) is 4.48. The van der Waals surface area contributed by atoms with Crippen molar-refractivity contribution in [2.45, 2.75) is 13.2 Å². The van der Waals surface area contributed by atoms with Crippen LogP contribution >= 0.6 is 0 Å². The number of hydrogen-bond acceptors (Lipinski definition) is 3. The average molecular weight is 527 g/mol. The Morgan fingerprint density at radius 2 is 1.10 bits per heavy atom. The van der Waals surface area contributed by atoms with E-state index >= 15 is 0 Å². The van der Waals surface area contributed by atoms with Gasteiger partial charge in [0.1, 0.15) is 19.0 Å². The van der Waals surface area contributed by atoms with Crippen LogP contribution in [0.1, 0.15) is 11.1 Å². The van der Waals surface area contributed by atoms with Crippen LogP contribution in [0.2, 0.25) is 0 Å². The minimum absolute atomic E-state index is 0.280. The number of rotatable bonds is 9. The van der Waals surface area contributed by atoms with Gasteiger partial charge in [-0.15, -0.1) is 0 Å². The Morgan fingerprint density at radius 1 is 0.550 bits per heavy atom. The standard InChI is InChI=1S/C35H27FN2O2/c36-30-19-16-28(17-20-30)32-23-33(38(37-32)31-14-8-3-9-15-31)29-18-21-34(39-24-26-10-4-1-5-11-26)35(22-29)40-25-27-12-6-2-7-13-27/h1-23H,24-25H2. The molecule has 0 N–H and O–H groups in total. The van der Waals surface area contributed by atoms with Gasteiger partial charge in [-0.3, -0.25) is 0 Å². The fourth-order valence-corrected chi connectivity index (χ4v) is 4.48. The molecular formula is C35H27FN2O2. The Kier molecular flexibility index (Phi) is 7.36. The second-order valence-electron chi connectivity index (χ2n) is 9.38. The molecule has 0 amide bonds. The number of para-hydroxylation sites is 1. The van der Waals surface area contributed by atoms with E-state index in [2.05, 4.69) is 0 Å². The molecule has 0 fully saturated rings. The highest BCUT2D eigenvalue weighted by molar-refractivity contribution is 5.72. The number of halogens is 1. The largest absolute Gasteiger partial charge is 0.485 e. The quantitative estimate of drug-likeness (QED) is 0.189. The first-order valence-corrected chi connectivity index (χ1v) is 13.1. The van der Waals surface area contributed by atoms with E-state index < -0.39 is 0 Å². The van der Waals surface area contributed by atoms with Crippen LogP contribution in [0.5, 0.6) is 11.5 Å². The lowest BCUT2D eigenvalue weighted by molar-refractivity contribution is 0.256. The molecule has 40 heavy (non-hydrogen) atoms. The van der Waals surface area contributed by atoms with E-state index in [1.807, 2.05) is 120 Å². The van der Waals surface area contributed by atoms with Crippen molar-refractivity contribution in [3.63, 3.8) is 0 Å². The summed E-state index contributed by atoms with van der Waals surface area (Å²) in [6, 6.07) is 44.4. The normalized spacial score (nSPS) is 10.8. The maximum atomic E-state index is 13.6. The smallest absolute Gasteiger partial charge is 0.162 e.